The quantitative estimate of drug-likeness (QED) is 0.466. The highest BCUT2D eigenvalue weighted by atomic mass is 32.2. The van der Waals surface area contributed by atoms with Gasteiger partial charge in [0.05, 0.1) is 21.7 Å². The maximum absolute atomic E-state index is 11.8. The first-order valence-electron chi connectivity index (χ1n) is 10.6. The number of hydrogen-bond acceptors (Lipinski definition) is 8. The van der Waals surface area contributed by atoms with Crippen LogP contribution in [0.3, 0.4) is 0 Å². The van der Waals surface area contributed by atoms with Crippen molar-refractivity contribution in [3.8, 4) is 17.0 Å². The van der Waals surface area contributed by atoms with Gasteiger partial charge in [-0.15, -0.1) is 11.3 Å². The number of rotatable bonds is 10. The molecule has 3 aromatic rings. The highest BCUT2D eigenvalue weighted by Gasteiger charge is 2.16. The van der Waals surface area contributed by atoms with E-state index in [4.69, 9.17) is 14.9 Å². The topological polar surface area (TPSA) is 102 Å². The predicted octanol–water partition coefficient (Wildman–Crippen LogP) is 3.23. The lowest BCUT2D eigenvalue weighted by molar-refractivity contribution is 0.240. The zero-order valence-corrected chi connectivity index (χ0v) is 21.3. The van der Waals surface area contributed by atoms with Gasteiger partial charge in [-0.3, -0.25) is 0 Å². The van der Waals surface area contributed by atoms with Crippen LogP contribution in [-0.4, -0.2) is 63.6 Å². The summed E-state index contributed by atoms with van der Waals surface area (Å²) in [6.45, 7) is 5.68. The number of hydrogen-bond donors (Lipinski definition) is 1. The third-order valence-electron chi connectivity index (χ3n) is 4.93. The summed E-state index contributed by atoms with van der Waals surface area (Å²) < 4.78 is 29.5. The van der Waals surface area contributed by atoms with Gasteiger partial charge in [0.2, 0.25) is 10.0 Å². The fourth-order valence-corrected chi connectivity index (χ4v) is 4.55. The Morgan fingerprint density at radius 3 is 2.48 bits per heavy atom. The molecular formula is C23H31N5O3S2. The van der Waals surface area contributed by atoms with Gasteiger partial charge >= 0.3 is 0 Å². The SMILES string of the molecule is CC(C)Oc1ccc(S(N)(=O)=O)cc1Cc1nc(-c2ccc(N(C)CCN(C)C)nc2)cs1. The third kappa shape index (κ3) is 6.97. The van der Waals surface area contributed by atoms with E-state index in [1.165, 1.54) is 17.4 Å². The lowest BCUT2D eigenvalue weighted by atomic mass is 10.1. The molecule has 178 valence electrons. The lowest BCUT2D eigenvalue weighted by Crippen LogP contribution is -2.28. The predicted molar refractivity (Wildman–Crippen MR) is 134 cm³/mol. The first-order chi connectivity index (χ1) is 15.5. The van der Waals surface area contributed by atoms with Crippen molar-refractivity contribution in [2.24, 2.45) is 5.14 Å². The van der Waals surface area contributed by atoms with E-state index in [-0.39, 0.29) is 11.0 Å². The molecule has 8 nitrogen and oxygen atoms in total. The number of anilines is 1. The monoisotopic (exact) mass is 489 g/mol. The van der Waals surface area contributed by atoms with E-state index >= 15 is 0 Å². The van der Waals surface area contributed by atoms with E-state index in [9.17, 15) is 8.42 Å². The number of pyridine rings is 1. The molecule has 33 heavy (non-hydrogen) atoms. The van der Waals surface area contributed by atoms with Crippen LogP contribution >= 0.6 is 11.3 Å². The number of primary sulfonamides is 1. The summed E-state index contributed by atoms with van der Waals surface area (Å²) in [6, 6.07) is 8.69. The molecule has 10 heteroatoms. The molecule has 2 N–H and O–H groups in total. The van der Waals surface area contributed by atoms with Gasteiger partial charge in [-0.1, -0.05) is 0 Å². The number of sulfonamides is 1. The Labute approximate surface area is 200 Å². The number of nitrogens with zero attached hydrogens (tertiary/aromatic N) is 4. The van der Waals surface area contributed by atoms with E-state index in [0.29, 0.717) is 12.2 Å². The van der Waals surface area contributed by atoms with Gasteiger partial charge in [-0.25, -0.2) is 23.5 Å². The van der Waals surface area contributed by atoms with Crippen molar-refractivity contribution in [1.82, 2.24) is 14.9 Å². The minimum absolute atomic E-state index is 0.0450. The van der Waals surface area contributed by atoms with Crippen LogP contribution in [0.25, 0.3) is 11.3 Å². The van der Waals surface area contributed by atoms with E-state index in [1.807, 2.05) is 58.7 Å². The van der Waals surface area contributed by atoms with Crippen LogP contribution in [0.2, 0.25) is 0 Å². The molecule has 0 bridgehead atoms. The number of likely N-dealkylation sites (N-methyl/N-ethyl adjacent to an activating group) is 2. The van der Waals surface area contributed by atoms with Gasteiger partial charge in [-0.2, -0.15) is 0 Å². The molecule has 0 radical (unpaired) electrons. The van der Waals surface area contributed by atoms with Crippen molar-refractivity contribution < 1.29 is 13.2 Å². The lowest BCUT2D eigenvalue weighted by Gasteiger charge is -2.20. The van der Waals surface area contributed by atoms with Crippen LogP contribution in [0.1, 0.15) is 24.4 Å². The number of thiazole rings is 1. The normalized spacial score (nSPS) is 11.9. The third-order valence-corrected chi connectivity index (χ3v) is 6.69. The Morgan fingerprint density at radius 2 is 1.88 bits per heavy atom. The average Bonchev–Trinajstić information content (AvgIpc) is 3.20. The summed E-state index contributed by atoms with van der Waals surface area (Å²) in [5, 5.41) is 8.15. The maximum atomic E-state index is 11.8. The van der Waals surface area contributed by atoms with Crippen molar-refractivity contribution in [3.63, 3.8) is 0 Å². The van der Waals surface area contributed by atoms with Gasteiger partial charge in [0.1, 0.15) is 11.6 Å². The van der Waals surface area contributed by atoms with E-state index in [1.54, 1.807) is 12.1 Å². The standard InChI is InChI=1S/C23H31N5O3S2/c1-16(2)31-21-8-7-19(33(24,29)30)12-18(21)13-23-26-20(15-32-23)17-6-9-22(25-14-17)28(5)11-10-27(3)4/h6-9,12,14-16H,10-11,13H2,1-5H3,(H2,24,29,30). The van der Waals surface area contributed by atoms with Crippen LogP contribution in [0.5, 0.6) is 5.75 Å². The fraction of sp³-hybridized carbons (Fsp3) is 0.391. The van der Waals surface area contributed by atoms with E-state index < -0.39 is 10.0 Å². The van der Waals surface area contributed by atoms with Crippen molar-refractivity contribution >= 4 is 27.2 Å². The van der Waals surface area contributed by atoms with Crippen molar-refractivity contribution in [3.05, 3.63) is 52.5 Å². The Kier molecular flexibility index (Phi) is 8.06. The average molecular weight is 490 g/mol. The Morgan fingerprint density at radius 1 is 1.12 bits per heavy atom. The van der Waals surface area contributed by atoms with Gasteiger partial charge < -0.3 is 14.5 Å². The summed E-state index contributed by atoms with van der Waals surface area (Å²) >= 11 is 1.51. The number of ether oxygens (including phenoxy) is 1. The zero-order chi connectivity index (χ0) is 24.2. The summed E-state index contributed by atoms with van der Waals surface area (Å²) in [4.78, 5) is 13.6. The molecule has 0 saturated heterocycles. The minimum atomic E-state index is -3.81. The van der Waals surface area contributed by atoms with E-state index in [0.717, 1.165) is 40.7 Å². The Bertz CT molecular complexity index is 1180. The van der Waals surface area contributed by atoms with Crippen molar-refractivity contribution in [2.45, 2.75) is 31.3 Å². The molecule has 1 aromatic carbocycles. The molecule has 2 heterocycles. The summed E-state index contributed by atoms with van der Waals surface area (Å²) in [5.74, 6) is 1.53. The smallest absolute Gasteiger partial charge is 0.238 e. The molecule has 0 fully saturated rings. The molecule has 0 spiro atoms. The van der Waals surface area contributed by atoms with Crippen molar-refractivity contribution in [1.29, 1.82) is 0 Å². The second-order valence-electron chi connectivity index (χ2n) is 8.41. The van der Waals surface area contributed by atoms with E-state index in [2.05, 4.69) is 14.8 Å². The highest BCUT2D eigenvalue weighted by molar-refractivity contribution is 7.89. The molecule has 0 aliphatic carbocycles. The molecule has 0 unspecified atom stereocenters. The first kappa shape index (κ1) is 25.1. The Balaban J connectivity index is 1.79. The van der Waals surface area contributed by atoms with Crippen LogP contribution < -0.4 is 14.8 Å². The van der Waals surface area contributed by atoms with Gasteiger partial charge in [0, 0.05) is 49.3 Å². The highest BCUT2D eigenvalue weighted by Crippen LogP contribution is 2.29. The fourth-order valence-electron chi connectivity index (χ4n) is 3.16. The number of benzene rings is 1. The maximum Gasteiger partial charge on any atom is 0.238 e. The molecule has 0 aliphatic heterocycles. The van der Waals surface area contributed by atoms with Gasteiger partial charge in [0.25, 0.3) is 0 Å². The van der Waals surface area contributed by atoms with Gasteiger partial charge in [-0.05, 0) is 58.3 Å². The zero-order valence-electron chi connectivity index (χ0n) is 19.6. The summed E-state index contributed by atoms with van der Waals surface area (Å²) in [5.41, 5.74) is 2.49. The van der Waals surface area contributed by atoms with Crippen LogP contribution in [0, 0.1) is 0 Å². The number of aromatic nitrogens is 2. The molecule has 0 aliphatic rings. The molecule has 0 atom stereocenters. The van der Waals surface area contributed by atoms with Gasteiger partial charge in [0.15, 0.2) is 0 Å². The first-order valence-corrected chi connectivity index (χ1v) is 13.0. The molecule has 2 aromatic heterocycles. The van der Waals surface area contributed by atoms with Crippen LogP contribution in [-0.2, 0) is 16.4 Å². The van der Waals surface area contributed by atoms with Crippen molar-refractivity contribution in [2.75, 3.05) is 39.1 Å². The molecule has 3 rings (SSSR count). The summed E-state index contributed by atoms with van der Waals surface area (Å²) in [7, 11) is 2.32. The molecular weight excluding hydrogens is 458 g/mol. The number of nitrogens with two attached hydrogens (primary N) is 1. The molecule has 0 saturated carbocycles. The van der Waals surface area contributed by atoms with Crippen LogP contribution in [0.15, 0.2) is 46.8 Å². The second-order valence-corrected chi connectivity index (χ2v) is 10.9. The summed E-state index contributed by atoms with van der Waals surface area (Å²) in [6.07, 6.45) is 2.22. The van der Waals surface area contributed by atoms with Crippen LogP contribution in [0.4, 0.5) is 5.82 Å². The second kappa shape index (κ2) is 10.6. The minimum Gasteiger partial charge on any atom is -0.491 e. The Hall–Kier alpha value is -2.53. The molecule has 0 amide bonds. The largest absolute Gasteiger partial charge is 0.491 e.